The average Bonchev–Trinajstić information content (AvgIpc) is 2.27. The van der Waals surface area contributed by atoms with Crippen LogP contribution in [0.5, 0.6) is 11.5 Å². The SMILES string of the molecule is Cc1ccc(Oc2cc(Br)ccc2Cl)c(N)c1. The molecule has 88 valence electrons. The highest BCUT2D eigenvalue weighted by Gasteiger charge is 2.06. The Kier molecular flexibility index (Phi) is 3.60. The molecule has 0 aromatic heterocycles. The first-order chi connectivity index (χ1) is 8.06. The van der Waals surface area contributed by atoms with E-state index < -0.39 is 0 Å². The Morgan fingerprint density at radius 1 is 1.12 bits per heavy atom. The van der Waals surface area contributed by atoms with Crippen LogP contribution in [0.15, 0.2) is 40.9 Å². The lowest BCUT2D eigenvalue weighted by atomic mass is 10.2. The smallest absolute Gasteiger partial charge is 0.150 e. The van der Waals surface area contributed by atoms with Gasteiger partial charge in [-0.1, -0.05) is 33.6 Å². The van der Waals surface area contributed by atoms with Gasteiger partial charge in [0.2, 0.25) is 0 Å². The van der Waals surface area contributed by atoms with E-state index in [1.54, 1.807) is 6.07 Å². The van der Waals surface area contributed by atoms with E-state index in [1.165, 1.54) is 0 Å². The van der Waals surface area contributed by atoms with Gasteiger partial charge in [0.15, 0.2) is 0 Å². The summed E-state index contributed by atoms with van der Waals surface area (Å²) in [5.74, 6) is 1.19. The van der Waals surface area contributed by atoms with Crippen LogP contribution in [0.2, 0.25) is 5.02 Å². The fourth-order valence-corrected chi connectivity index (χ4v) is 1.93. The van der Waals surface area contributed by atoms with Crippen molar-refractivity contribution in [2.45, 2.75) is 6.92 Å². The maximum Gasteiger partial charge on any atom is 0.150 e. The van der Waals surface area contributed by atoms with Gasteiger partial charge < -0.3 is 10.5 Å². The van der Waals surface area contributed by atoms with Crippen LogP contribution in [0.1, 0.15) is 5.56 Å². The van der Waals surface area contributed by atoms with Crippen LogP contribution in [0.25, 0.3) is 0 Å². The number of nitrogens with two attached hydrogens (primary N) is 1. The molecule has 0 atom stereocenters. The summed E-state index contributed by atoms with van der Waals surface area (Å²) in [6, 6.07) is 11.1. The largest absolute Gasteiger partial charge is 0.454 e. The number of aryl methyl sites for hydroxylation is 1. The van der Waals surface area contributed by atoms with Gasteiger partial charge in [-0.3, -0.25) is 0 Å². The summed E-state index contributed by atoms with van der Waals surface area (Å²) >= 11 is 9.41. The molecule has 0 spiro atoms. The van der Waals surface area contributed by atoms with Gasteiger partial charge in [0.1, 0.15) is 11.5 Å². The standard InChI is InChI=1S/C13H11BrClNO/c1-8-2-5-12(11(16)6-8)17-13-7-9(14)3-4-10(13)15/h2-7H,16H2,1H3. The summed E-state index contributed by atoms with van der Waals surface area (Å²) in [7, 11) is 0. The second-order valence-electron chi connectivity index (χ2n) is 3.72. The number of halogens is 2. The molecule has 0 bridgehead atoms. The maximum absolute atomic E-state index is 6.04. The molecule has 0 heterocycles. The monoisotopic (exact) mass is 311 g/mol. The summed E-state index contributed by atoms with van der Waals surface area (Å²) in [6.07, 6.45) is 0. The Balaban J connectivity index is 2.34. The Bertz CT molecular complexity index is 557. The van der Waals surface area contributed by atoms with Gasteiger partial charge in [-0.05, 0) is 42.8 Å². The summed E-state index contributed by atoms with van der Waals surface area (Å²) < 4.78 is 6.59. The third kappa shape index (κ3) is 2.93. The van der Waals surface area contributed by atoms with Crippen LogP contribution in [0, 0.1) is 6.92 Å². The molecular formula is C13H11BrClNO. The van der Waals surface area contributed by atoms with Gasteiger partial charge in [-0.15, -0.1) is 0 Å². The van der Waals surface area contributed by atoms with Crippen LogP contribution in [0.4, 0.5) is 5.69 Å². The Morgan fingerprint density at radius 2 is 1.88 bits per heavy atom. The van der Waals surface area contributed by atoms with Crippen molar-refractivity contribution in [1.29, 1.82) is 0 Å². The molecule has 2 nitrogen and oxygen atoms in total. The van der Waals surface area contributed by atoms with E-state index in [2.05, 4.69) is 15.9 Å². The summed E-state index contributed by atoms with van der Waals surface area (Å²) in [5.41, 5.74) is 7.57. The zero-order valence-electron chi connectivity index (χ0n) is 9.21. The van der Waals surface area contributed by atoms with Gasteiger partial charge in [-0.2, -0.15) is 0 Å². The molecule has 0 fully saturated rings. The first-order valence-corrected chi connectivity index (χ1v) is 6.22. The minimum Gasteiger partial charge on any atom is -0.454 e. The average molecular weight is 313 g/mol. The van der Waals surface area contributed by atoms with Gasteiger partial charge in [-0.25, -0.2) is 0 Å². The summed E-state index contributed by atoms with van der Waals surface area (Å²) in [6.45, 7) is 1.98. The number of nitrogen functional groups attached to an aromatic ring is 1. The molecule has 17 heavy (non-hydrogen) atoms. The molecule has 2 N–H and O–H groups in total. The van der Waals surface area contributed by atoms with Crippen molar-refractivity contribution in [1.82, 2.24) is 0 Å². The molecular weight excluding hydrogens is 302 g/mol. The topological polar surface area (TPSA) is 35.2 Å². The van der Waals surface area contributed by atoms with Crippen LogP contribution in [-0.2, 0) is 0 Å². The zero-order chi connectivity index (χ0) is 12.4. The van der Waals surface area contributed by atoms with E-state index in [0.29, 0.717) is 22.2 Å². The van der Waals surface area contributed by atoms with E-state index in [0.717, 1.165) is 10.0 Å². The Hall–Kier alpha value is -1.19. The third-order valence-corrected chi connectivity index (χ3v) is 3.08. The molecule has 0 aliphatic heterocycles. The number of benzene rings is 2. The minimum atomic E-state index is 0.549. The second-order valence-corrected chi connectivity index (χ2v) is 5.04. The highest BCUT2D eigenvalue weighted by Crippen LogP contribution is 2.34. The van der Waals surface area contributed by atoms with Crippen molar-refractivity contribution in [2.75, 3.05) is 5.73 Å². The fourth-order valence-electron chi connectivity index (χ4n) is 1.43. The maximum atomic E-state index is 6.04. The Morgan fingerprint density at radius 3 is 2.59 bits per heavy atom. The summed E-state index contributed by atoms with van der Waals surface area (Å²) in [5, 5.41) is 0.549. The molecule has 0 aliphatic carbocycles. The molecule has 0 saturated carbocycles. The normalized spacial score (nSPS) is 10.3. The van der Waals surface area contributed by atoms with Crippen molar-refractivity contribution in [3.8, 4) is 11.5 Å². The molecule has 2 aromatic rings. The lowest BCUT2D eigenvalue weighted by Gasteiger charge is -2.10. The van der Waals surface area contributed by atoms with Gasteiger partial charge >= 0.3 is 0 Å². The molecule has 0 unspecified atom stereocenters. The van der Waals surface area contributed by atoms with Crippen LogP contribution in [-0.4, -0.2) is 0 Å². The third-order valence-electron chi connectivity index (χ3n) is 2.28. The van der Waals surface area contributed by atoms with Gasteiger partial charge in [0, 0.05) is 4.47 Å². The van der Waals surface area contributed by atoms with Crippen molar-refractivity contribution in [3.05, 3.63) is 51.5 Å². The van der Waals surface area contributed by atoms with E-state index in [1.807, 2.05) is 37.3 Å². The highest BCUT2D eigenvalue weighted by molar-refractivity contribution is 9.10. The fraction of sp³-hybridized carbons (Fsp3) is 0.0769. The molecule has 4 heteroatoms. The predicted molar refractivity (Wildman–Crippen MR) is 74.8 cm³/mol. The van der Waals surface area contributed by atoms with Crippen LogP contribution >= 0.6 is 27.5 Å². The lowest BCUT2D eigenvalue weighted by Crippen LogP contribution is -1.93. The van der Waals surface area contributed by atoms with Gasteiger partial charge in [0.05, 0.1) is 10.7 Å². The summed E-state index contributed by atoms with van der Waals surface area (Å²) in [4.78, 5) is 0. The van der Waals surface area contributed by atoms with Gasteiger partial charge in [0.25, 0.3) is 0 Å². The van der Waals surface area contributed by atoms with E-state index >= 15 is 0 Å². The van der Waals surface area contributed by atoms with Crippen LogP contribution in [0.3, 0.4) is 0 Å². The first kappa shape index (κ1) is 12.3. The number of hydrogen-bond acceptors (Lipinski definition) is 2. The lowest BCUT2D eigenvalue weighted by molar-refractivity contribution is 0.485. The molecule has 0 radical (unpaired) electrons. The second kappa shape index (κ2) is 4.98. The van der Waals surface area contributed by atoms with E-state index in [4.69, 9.17) is 22.1 Å². The molecule has 0 saturated heterocycles. The number of anilines is 1. The van der Waals surface area contributed by atoms with E-state index in [9.17, 15) is 0 Å². The van der Waals surface area contributed by atoms with Crippen LogP contribution < -0.4 is 10.5 Å². The van der Waals surface area contributed by atoms with E-state index in [-0.39, 0.29) is 0 Å². The predicted octanol–water partition coefficient (Wildman–Crippen LogP) is 4.79. The molecule has 2 rings (SSSR count). The van der Waals surface area contributed by atoms with Crippen molar-refractivity contribution in [3.63, 3.8) is 0 Å². The first-order valence-electron chi connectivity index (χ1n) is 5.05. The molecule has 2 aromatic carbocycles. The number of ether oxygens (including phenoxy) is 1. The number of rotatable bonds is 2. The highest BCUT2D eigenvalue weighted by atomic mass is 79.9. The Labute approximate surface area is 113 Å². The van der Waals surface area contributed by atoms with Crippen molar-refractivity contribution >= 4 is 33.2 Å². The zero-order valence-corrected chi connectivity index (χ0v) is 11.5. The molecule has 0 amide bonds. The molecule has 0 aliphatic rings. The number of hydrogen-bond donors (Lipinski definition) is 1. The quantitative estimate of drug-likeness (QED) is 0.810. The van der Waals surface area contributed by atoms with Crippen molar-refractivity contribution < 1.29 is 4.74 Å². The minimum absolute atomic E-state index is 0.549. The van der Waals surface area contributed by atoms with Crippen molar-refractivity contribution in [2.24, 2.45) is 0 Å².